The van der Waals surface area contributed by atoms with Gasteiger partial charge in [-0.25, -0.2) is 0 Å². The van der Waals surface area contributed by atoms with Crippen molar-refractivity contribution in [2.45, 2.75) is 56.7 Å². The minimum atomic E-state index is 0.540. The SMILES string of the molecule is c1cc2c(o1)CCCC2NC1CCN2CCCC12. The minimum absolute atomic E-state index is 0.540. The zero-order chi connectivity index (χ0) is 11.9. The van der Waals surface area contributed by atoms with Crippen LogP contribution in [0.25, 0.3) is 0 Å². The van der Waals surface area contributed by atoms with Crippen LogP contribution in [-0.4, -0.2) is 30.1 Å². The van der Waals surface area contributed by atoms with E-state index in [1.54, 1.807) is 0 Å². The summed E-state index contributed by atoms with van der Waals surface area (Å²) in [6, 6.07) is 4.23. The molecule has 1 N–H and O–H groups in total. The Morgan fingerprint density at radius 1 is 1.17 bits per heavy atom. The molecule has 98 valence electrons. The fourth-order valence-electron chi connectivity index (χ4n) is 4.19. The second kappa shape index (κ2) is 4.39. The van der Waals surface area contributed by atoms with Crippen molar-refractivity contribution in [2.75, 3.05) is 13.1 Å². The van der Waals surface area contributed by atoms with Crippen LogP contribution in [0.4, 0.5) is 0 Å². The lowest BCUT2D eigenvalue weighted by atomic mass is 9.92. The fourth-order valence-corrected chi connectivity index (χ4v) is 4.19. The zero-order valence-electron chi connectivity index (χ0n) is 10.9. The van der Waals surface area contributed by atoms with Crippen molar-refractivity contribution in [3.63, 3.8) is 0 Å². The molecule has 3 atom stereocenters. The van der Waals surface area contributed by atoms with E-state index in [4.69, 9.17) is 4.42 Å². The maximum Gasteiger partial charge on any atom is 0.108 e. The summed E-state index contributed by atoms with van der Waals surface area (Å²) in [5.41, 5.74) is 1.43. The van der Waals surface area contributed by atoms with Gasteiger partial charge in [0.05, 0.1) is 6.26 Å². The average Bonchev–Trinajstić information content (AvgIpc) is 3.06. The summed E-state index contributed by atoms with van der Waals surface area (Å²) >= 11 is 0. The van der Waals surface area contributed by atoms with Crippen LogP contribution in [0.5, 0.6) is 0 Å². The Morgan fingerprint density at radius 2 is 2.17 bits per heavy atom. The lowest BCUT2D eigenvalue weighted by Crippen LogP contribution is -2.41. The first-order chi connectivity index (χ1) is 8.92. The summed E-state index contributed by atoms with van der Waals surface area (Å²) < 4.78 is 5.59. The topological polar surface area (TPSA) is 28.4 Å². The van der Waals surface area contributed by atoms with E-state index in [9.17, 15) is 0 Å². The van der Waals surface area contributed by atoms with Crippen molar-refractivity contribution in [3.8, 4) is 0 Å². The molecule has 18 heavy (non-hydrogen) atoms. The van der Waals surface area contributed by atoms with Crippen molar-refractivity contribution in [2.24, 2.45) is 0 Å². The lowest BCUT2D eigenvalue weighted by molar-refractivity contribution is 0.281. The molecule has 2 saturated heterocycles. The van der Waals surface area contributed by atoms with Gasteiger partial charge in [0.2, 0.25) is 0 Å². The summed E-state index contributed by atoms with van der Waals surface area (Å²) in [5.74, 6) is 1.22. The Bertz CT molecular complexity index is 428. The van der Waals surface area contributed by atoms with Crippen LogP contribution in [0, 0.1) is 0 Å². The first kappa shape index (κ1) is 11.1. The molecule has 2 fully saturated rings. The molecule has 1 aliphatic carbocycles. The number of hydrogen-bond donors (Lipinski definition) is 1. The molecule has 0 amide bonds. The Kier molecular flexibility index (Phi) is 2.70. The van der Waals surface area contributed by atoms with Crippen molar-refractivity contribution in [1.82, 2.24) is 10.2 Å². The Labute approximate surface area is 109 Å². The van der Waals surface area contributed by atoms with E-state index in [-0.39, 0.29) is 0 Å². The third-order valence-corrected chi connectivity index (χ3v) is 5.07. The van der Waals surface area contributed by atoms with Gasteiger partial charge in [-0.2, -0.15) is 0 Å². The summed E-state index contributed by atoms with van der Waals surface area (Å²) in [6.45, 7) is 2.62. The quantitative estimate of drug-likeness (QED) is 0.869. The van der Waals surface area contributed by atoms with E-state index in [2.05, 4.69) is 16.3 Å². The van der Waals surface area contributed by atoms with Gasteiger partial charge in [0.25, 0.3) is 0 Å². The third-order valence-electron chi connectivity index (χ3n) is 5.07. The molecule has 3 nitrogen and oxygen atoms in total. The monoisotopic (exact) mass is 246 g/mol. The number of furan rings is 1. The van der Waals surface area contributed by atoms with Gasteiger partial charge < -0.3 is 9.73 Å². The highest BCUT2D eigenvalue weighted by atomic mass is 16.3. The van der Waals surface area contributed by atoms with Crippen molar-refractivity contribution >= 4 is 0 Å². The van der Waals surface area contributed by atoms with Gasteiger partial charge in [-0.3, -0.25) is 4.90 Å². The van der Waals surface area contributed by atoms with Gasteiger partial charge in [-0.15, -0.1) is 0 Å². The molecule has 3 heterocycles. The highest BCUT2D eigenvalue weighted by Gasteiger charge is 2.38. The predicted octanol–water partition coefficient (Wildman–Crippen LogP) is 2.48. The summed E-state index contributed by atoms with van der Waals surface area (Å²) in [5, 5.41) is 3.93. The molecule has 2 aliphatic heterocycles. The van der Waals surface area contributed by atoms with Gasteiger partial charge in [0.15, 0.2) is 0 Å². The van der Waals surface area contributed by atoms with Gasteiger partial charge in [0.1, 0.15) is 5.76 Å². The summed E-state index contributed by atoms with van der Waals surface area (Å²) in [7, 11) is 0. The van der Waals surface area contributed by atoms with Crippen LogP contribution < -0.4 is 5.32 Å². The molecule has 3 heteroatoms. The van der Waals surface area contributed by atoms with E-state index in [0.717, 1.165) is 12.5 Å². The van der Waals surface area contributed by atoms with E-state index < -0.39 is 0 Å². The molecule has 1 aromatic heterocycles. The van der Waals surface area contributed by atoms with E-state index in [0.29, 0.717) is 12.1 Å². The molecule has 0 bridgehead atoms. The normalized spacial score (nSPS) is 35.7. The number of rotatable bonds is 2. The Morgan fingerprint density at radius 3 is 3.17 bits per heavy atom. The highest BCUT2D eigenvalue weighted by Crippen LogP contribution is 2.34. The Hall–Kier alpha value is -0.800. The van der Waals surface area contributed by atoms with E-state index in [1.807, 2.05) is 6.26 Å². The van der Waals surface area contributed by atoms with Crippen LogP contribution >= 0.6 is 0 Å². The number of fused-ring (bicyclic) bond motifs is 2. The van der Waals surface area contributed by atoms with Gasteiger partial charge in [0, 0.05) is 36.7 Å². The number of nitrogens with one attached hydrogen (secondary N) is 1. The summed E-state index contributed by atoms with van der Waals surface area (Å²) in [6.07, 6.45) is 9.64. The average molecular weight is 246 g/mol. The van der Waals surface area contributed by atoms with Crippen LogP contribution in [0.2, 0.25) is 0 Å². The summed E-state index contributed by atoms with van der Waals surface area (Å²) in [4.78, 5) is 2.68. The van der Waals surface area contributed by atoms with Crippen molar-refractivity contribution in [3.05, 3.63) is 23.7 Å². The van der Waals surface area contributed by atoms with Crippen LogP contribution in [0.3, 0.4) is 0 Å². The molecule has 1 aromatic rings. The van der Waals surface area contributed by atoms with Crippen LogP contribution in [-0.2, 0) is 6.42 Å². The maximum absolute atomic E-state index is 5.59. The second-order valence-electron chi connectivity index (χ2n) is 6.05. The van der Waals surface area contributed by atoms with Crippen LogP contribution in [0.15, 0.2) is 16.7 Å². The molecule has 3 unspecified atom stereocenters. The van der Waals surface area contributed by atoms with Gasteiger partial charge in [-0.1, -0.05) is 0 Å². The minimum Gasteiger partial charge on any atom is -0.469 e. The molecule has 0 spiro atoms. The second-order valence-corrected chi connectivity index (χ2v) is 6.05. The molecule has 0 aromatic carbocycles. The molecular formula is C15H22N2O. The van der Waals surface area contributed by atoms with Crippen LogP contribution in [0.1, 0.15) is 49.5 Å². The highest BCUT2D eigenvalue weighted by molar-refractivity contribution is 5.24. The first-order valence-electron chi connectivity index (χ1n) is 7.48. The molecule has 4 rings (SSSR count). The Balaban J connectivity index is 1.50. The molecule has 3 aliphatic rings. The van der Waals surface area contributed by atoms with Gasteiger partial charge in [-0.05, 0) is 44.7 Å². The van der Waals surface area contributed by atoms with E-state index in [1.165, 1.54) is 56.5 Å². The molecular weight excluding hydrogens is 224 g/mol. The third kappa shape index (κ3) is 1.72. The largest absolute Gasteiger partial charge is 0.469 e. The standard InChI is InChI=1S/C15H22N2O/c1-3-12(11-7-10-18-15(11)5-1)16-13-6-9-17-8-2-4-14(13)17/h7,10,12-14,16H,1-6,8-9H2. The number of nitrogens with zero attached hydrogens (tertiary/aromatic N) is 1. The number of aryl methyl sites for hydroxylation is 1. The van der Waals surface area contributed by atoms with Gasteiger partial charge >= 0.3 is 0 Å². The molecule has 0 radical (unpaired) electrons. The van der Waals surface area contributed by atoms with Crippen molar-refractivity contribution in [1.29, 1.82) is 0 Å². The smallest absolute Gasteiger partial charge is 0.108 e. The number of hydrogen-bond acceptors (Lipinski definition) is 3. The maximum atomic E-state index is 5.59. The lowest BCUT2D eigenvalue weighted by Gasteiger charge is -2.29. The predicted molar refractivity (Wildman–Crippen MR) is 70.5 cm³/mol. The fraction of sp³-hybridized carbons (Fsp3) is 0.733. The van der Waals surface area contributed by atoms with Crippen molar-refractivity contribution < 1.29 is 4.42 Å². The molecule has 0 saturated carbocycles. The first-order valence-corrected chi connectivity index (χ1v) is 7.48. The zero-order valence-corrected chi connectivity index (χ0v) is 10.9. The van der Waals surface area contributed by atoms with E-state index >= 15 is 0 Å².